The minimum absolute atomic E-state index is 0. The molecule has 1 aliphatic heterocycles. The predicted octanol–water partition coefficient (Wildman–Crippen LogP) is 2.73. The molecule has 2 N–H and O–H groups in total. The molecule has 4 nitrogen and oxygen atoms in total. The zero-order valence-electron chi connectivity index (χ0n) is 11.9. The fourth-order valence-corrected chi connectivity index (χ4v) is 2.29. The van der Waals surface area contributed by atoms with Gasteiger partial charge >= 0.3 is 6.36 Å². The van der Waals surface area contributed by atoms with Crippen LogP contribution in [0.15, 0.2) is 24.3 Å². The Morgan fingerprint density at radius 1 is 1.32 bits per heavy atom. The summed E-state index contributed by atoms with van der Waals surface area (Å²) < 4.78 is 39.9. The minimum Gasteiger partial charge on any atom is -0.406 e. The number of amides is 1. The molecule has 1 fully saturated rings. The monoisotopic (exact) mass is 338 g/mol. The molecule has 1 aromatic rings. The molecule has 2 atom stereocenters. The number of alkyl halides is 3. The second-order valence-corrected chi connectivity index (χ2v) is 5.12. The van der Waals surface area contributed by atoms with Gasteiger partial charge in [0.25, 0.3) is 5.91 Å². The molecule has 22 heavy (non-hydrogen) atoms. The molecular formula is C14H18ClF3N2O2. The molecule has 0 saturated carbocycles. The lowest BCUT2D eigenvalue weighted by Crippen LogP contribution is -2.48. The van der Waals surface area contributed by atoms with Crippen molar-refractivity contribution in [3.63, 3.8) is 0 Å². The standard InChI is InChI=1S/C14H17F3N2O2.ClH/c1-9-8-18-7-6-12(9)19-13(20)10-2-4-11(5-3-10)21-14(15,16)17;/h2-5,9,12,18H,6-8H2,1H3,(H,19,20);1H. The first-order valence-electron chi connectivity index (χ1n) is 6.72. The highest BCUT2D eigenvalue weighted by molar-refractivity contribution is 5.94. The van der Waals surface area contributed by atoms with Crippen molar-refractivity contribution in [1.82, 2.24) is 10.6 Å². The average Bonchev–Trinajstić information content (AvgIpc) is 2.40. The molecule has 2 rings (SSSR count). The first-order chi connectivity index (χ1) is 9.85. The lowest BCUT2D eigenvalue weighted by atomic mass is 9.95. The molecule has 1 heterocycles. The Morgan fingerprint density at radius 2 is 1.95 bits per heavy atom. The summed E-state index contributed by atoms with van der Waals surface area (Å²) in [7, 11) is 0. The van der Waals surface area contributed by atoms with Crippen LogP contribution < -0.4 is 15.4 Å². The molecule has 1 aromatic carbocycles. The van der Waals surface area contributed by atoms with E-state index in [0.717, 1.165) is 31.6 Å². The molecule has 124 valence electrons. The number of hydrogen-bond donors (Lipinski definition) is 2. The molecule has 1 saturated heterocycles. The highest BCUT2D eigenvalue weighted by Crippen LogP contribution is 2.22. The Kier molecular flexibility index (Phi) is 6.49. The van der Waals surface area contributed by atoms with Crippen LogP contribution in [-0.4, -0.2) is 31.4 Å². The second kappa shape index (κ2) is 7.69. The van der Waals surface area contributed by atoms with E-state index in [0.29, 0.717) is 11.5 Å². The number of carbonyl (C=O) groups is 1. The van der Waals surface area contributed by atoms with Gasteiger partial charge in [-0.3, -0.25) is 4.79 Å². The average molecular weight is 339 g/mol. The Hall–Kier alpha value is -1.47. The quantitative estimate of drug-likeness (QED) is 0.891. The molecule has 0 aromatic heterocycles. The predicted molar refractivity (Wildman–Crippen MR) is 78.3 cm³/mol. The van der Waals surface area contributed by atoms with Gasteiger partial charge in [-0.15, -0.1) is 25.6 Å². The maximum Gasteiger partial charge on any atom is 0.573 e. The number of halogens is 4. The van der Waals surface area contributed by atoms with Gasteiger partial charge in [-0.25, -0.2) is 0 Å². The number of piperidine rings is 1. The SMILES string of the molecule is CC1CNCCC1NC(=O)c1ccc(OC(F)(F)F)cc1.Cl. The zero-order chi connectivity index (χ0) is 15.5. The summed E-state index contributed by atoms with van der Waals surface area (Å²) in [4.78, 5) is 12.1. The van der Waals surface area contributed by atoms with Crippen LogP contribution in [0.4, 0.5) is 13.2 Å². The third-order valence-corrected chi connectivity index (χ3v) is 3.45. The molecule has 0 aliphatic carbocycles. The van der Waals surface area contributed by atoms with Crippen LogP contribution in [0.3, 0.4) is 0 Å². The van der Waals surface area contributed by atoms with E-state index in [1.165, 1.54) is 12.1 Å². The molecular weight excluding hydrogens is 321 g/mol. The Balaban J connectivity index is 0.00000242. The normalized spacial score (nSPS) is 21.6. The number of benzene rings is 1. The fourth-order valence-electron chi connectivity index (χ4n) is 2.29. The first-order valence-corrected chi connectivity index (χ1v) is 6.72. The number of ether oxygens (including phenoxy) is 1. The Morgan fingerprint density at radius 3 is 2.50 bits per heavy atom. The van der Waals surface area contributed by atoms with Crippen LogP contribution in [0.25, 0.3) is 0 Å². The molecule has 1 aliphatic rings. The number of hydrogen-bond acceptors (Lipinski definition) is 3. The summed E-state index contributed by atoms with van der Waals surface area (Å²) in [5, 5.41) is 6.14. The van der Waals surface area contributed by atoms with E-state index >= 15 is 0 Å². The zero-order valence-corrected chi connectivity index (χ0v) is 12.8. The van der Waals surface area contributed by atoms with Crippen LogP contribution in [-0.2, 0) is 0 Å². The maximum atomic E-state index is 12.1. The van der Waals surface area contributed by atoms with E-state index in [1.807, 2.05) is 6.92 Å². The van der Waals surface area contributed by atoms with Crippen molar-refractivity contribution < 1.29 is 22.7 Å². The largest absolute Gasteiger partial charge is 0.573 e. The summed E-state index contributed by atoms with van der Waals surface area (Å²) in [6, 6.07) is 4.98. The van der Waals surface area contributed by atoms with Crippen LogP contribution in [0.1, 0.15) is 23.7 Å². The summed E-state index contributed by atoms with van der Waals surface area (Å²) in [5.74, 6) is -0.308. The summed E-state index contributed by atoms with van der Waals surface area (Å²) in [6.07, 6.45) is -3.89. The van der Waals surface area contributed by atoms with Gasteiger partial charge in [0.2, 0.25) is 0 Å². The van der Waals surface area contributed by atoms with E-state index in [1.54, 1.807) is 0 Å². The summed E-state index contributed by atoms with van der Waals surface area (Å²) in [6.45, 7) is 3.72. The van der Waals surface area contributed by atoms with Crippen LogP contribution in [0.5, 0.6) is 5.75 Å². The van der Waals surface area contributed by atoms with E-state index in [4.69, 9.17) is 0 Å². The van der Waals surface area contributed by atoms with Gasteiger partial charge in [0.15, 0.2) is 0 Å². The summed E-state index contributed by atoms with van der Waals surface area (Å²) in [5.41, 5.74) is 0.315. The molecule has 0 radical (unpaired) electrons. The molecule has 0 spiro atoms. The first kappa shape index (κ1) is 18.6. The van der Waals surface area contributed by atoms with E-state index in [-0.39, 0.29) is 30.1 Å². The lowest BCUT2D eigenvalue weighted by Gasteiger charge is -2.30. The van der Waals surface area contributed by atoms with Crippen molar-refractivity contribution in [2.75, 3.05) is 13.1 Å². The van der Waals surface area contributed by atoms with Crippen LogP contribution in [0, 0.1) is 5.92 Å². The topological polar surface area (TPSA) is 50.4 Å². The van der Waals surface area contributed by atoms with Crippen molar-refractivity contribution in [2.45, 2.75) is 25.7 Å². The second-order valence-electron chi connectivity index (χ2n) is 5.12. The van der Waals surface area contributed by atoms with Gasteiger partial charge in [0, 0.05) is 11.6 Å². The number of rotatable bonds is 3. The van der Waals surface area contributed by atoms with Gasteiger partial charge in [0.1, 0.15) is 5.75 Å². The van der Waals surface area contributed by atoms with Crippen LogP contribution in [0.2, 0.25) is 0 Å². The lowest BCUT2D eigenvalue weighted by molar-refractivity contribution is -0.274. The number of nitrogens with one attached hydrogen (secondary N) is 2. The third-order valence-electron chi connectivity index (χ3n) is 3.45. The molecule has 1 amide bonds. The van der Waals surface area contributed by atoms with Gasteiger partial charge in [0.05, 0.1) is 0 Å². The van der Waals surface area contributed by atoms with Crippen molar-refractivity contribution in [3.05, 3.63) is 29.8 Å². The number of carbonyl (C=O) groups excluding carboxylic acids is 1. The van der Waals surface area contributed by atoms with Crippen molar-refractivity contribution in [2.24, 2.45) is 5.92 Å². The maximum absolute atomic E-state index is 12.1. The smallest absolute Gasteiger partial charge is 0.406 e. The minimum atomic E-state index is -4.73. The van der Waals surface area contributed by atoms with Gasteiger partial charge in [-0.2, -0.15) is 0 Å². The molecule has 8 heteroatoms. The highest BCUT2D eigenvalue weighted by atomic mass is 35.5. The van der Waals surface area contributed by atoms with Crippen molar-refractivity contribution in [3.8, 4) is 5.75 Å². The van der Waals surface area contributed by atoms with Crippen molar-refractivity contribution >= 4 is 18.3 Å². The van der Waals surface area contributed by atoms with Crippen molar-refractivity contribution in [1.29, 1.82) is 0 Å². The Labute approximate surface area is 132 Å². The van der Waals surface area contributed by atoms with Crippen LogP contribution >= 0.6 is 12.4 Å². The van der Waals surface area contributed by atoms with E-state index < -0.39 is 6.36 Å². The van der Waals surface area contributed by atoms with Gasteiger partial charge in [-0.1, -0.05) is 6.92 Å². The van der Waals surface area contributed by atoms with Gasteiger partial charge in [-0.05, 0) is 49.7 Å². The molecule has 0 bridgehead atoms. The molecule has 2 unspecified atom stereocenters. The summed E-state index contributed by atoms with van der Waals surface area (Å²) >= 11 is 0. The Bertz CT molecular complexity index is 494. The fraction of sp³-hybridized carbons (Fsp3) is 0.500. The third kappa shape index (κ3) is 5.38. The van der Waals surface area contributed by atoms with Gasteiger partial charge < -0.3 is 15.4 Å². The van der Waals surface area contributed by atoms with E-state index in [9.17, 15) is 18.0 Å². The highest BCUT2D eigenvalue weighted by Gasteiger charge is 2.31. The van der Waals surface area contributed by atoms with E-state index in [2.05, 4.69) is 15.4 Å².